The Morgan fingerprint density at radius 2 is 1.44 bits per heavy atom. The second-order valence-electron chi connectivity index (χ2n) is 11.2. The summed E-state index contributed by atoms with van der Waals surface area (Å²) in [5.41, 5.74) is 2.87. The fraction of sp³-hybridized carbons (Fsp3) is 0.733. The van der Waals surface area contributed by atoms with Gasteiger partial charge in [-0.2, -0.15) is 0 Å². The first kappa shape index (κ1) is 24.3. The summed E-state index contributed by atoms with van der Waals surface area (Å²) < 4.78 is 14.9. The van der Waals surface area contributed by atoms with E-state index < -0.39 is 0 Å². The second kappa shape index (κ2) is 11.5. The maximum Gasteiger partial charge on any atom is 0.149 e. The summed E-state index contributed by atoms with van der Waals surface area (Å²) in [5, 5.41) is 0.342. The van der Waals surface area contributed by atoms with E-state index in [1.54, 1.807) is 0 Å². The van der Waals surface area contributed by atoms with Crippen molar-refractivity contribution in [3.05, 3.63) is 40.2 Å². The molecule has 0 spiro atoms. The fourth-order valence-corrected chi connectivity index (χ4v) is 7.53. The third kappa shape index (κ3) is 5.63. The van der Waals surface area contributed by atoms with Crippen molar-refractivity contribution < 1.29 is 4.39 Å². The minimum atomic E-state index is -0.198. The summed E-state index contributed by atoms with van der Waals surface area (Å²) in [5.74, 6) is 4.54. The first-order valence-electron chi connectivity index (χ1n) is 13.8. The molecule has 0 N–H and O–H groups in total. The summed E-state index contributed by atoms with van der Waals surface area (Å²) in [7, 11) is 0. The lowest BCUT2D eigenvalue weighted by molar-refractivity contribution is 0.121. The van der Waals surface area contributed by atoms with Crippen molar-refractivity contribution in [1.82, 2.24) is 0 Å². The number of benzene rings is 1. The van der Waals surface area contributed by atoms with Gasteiger partial charge in [-0.1, -0.05) is 75.8 Å². The highest BCUT2D eigenvalue weighted by Crippen LogP contribution is 2.46. The molecule has 3 aliphatic carbocycles. The molecule has 3 aliphatic rings. The molecule has 0 nitrogen and oxygen atoms in total. The summed E-state index contributed by atoms with van der Waals surface area (Å²) in [4.78, 5) is 0. The van der Waals surface area contributed by atoms with Crippen LogP contribution in [0.2, 0.25) is 5.02 Å². The van der Waals surface area contributed by atoms with Crippen LogP contribution >= 0.6 is 11.6 Å². The molecule has 32 heavy (non-hydrogen) atoms. The van der Waals surface area contributed by atoms with Crippen molar-refractivity contribution >= 4 is 17.2 Å². The normalized spacial score (nSPS) is 31.4. The van der Waals surface area contributed by atoms with Gasteiger partial charge in [-0.05, 0) is 105 Å². The van der Waals surface area contributed by atoms with Gasteiger partial charge in [-0.25, -0.2) is 4.39 Å². The van der Waals surface area contributed by atoms with E-state index in [1.165, 1.54) is 76.2 Å². The maximum absolute atomic E-state index is 14.9. The number of allylic oxidation sites excluding steroid dienone is 2. The number of rotatable bonds is 7. The Morgan fingerprint density at radius 3 is 2.00 bits per heavy atom. The summed E-state index contributed by atoms with van der Waals surface area (Å²) in [6.07, 6.45) is 22.1. The third-order valence-corrected chi connectivity index (χ3v) is 9.63. The number of hydrogen-bond donors (Lipinski definition) is 0. The SMILES string of the molecule is CCCc1ccc(C2=CCC(C3CCC(C4CCC(CCC)CC4)CC3)CC2)c(F)c1Cl. The Morgan fingerprint density at radius 1 is 0.812 bits per heavy atom. The van der Waals surface area contributed by atoms with Crippen LogP contribution in [0.3, 0.4) is 0 Å². The van der Waals surface area contributed by atoms with E-state index in [2.05, 4.69) is 19.9 Å². The van der Waals surface area contributed by atoms with Crippen LogP contribution < -0.4 is 0 Å². The molecule has 0 saturated heterocycles. The highest BCUT2D eigenvalue weighted by Gasteiger charge is 2.33. The van der Waals surface area contributed by atoms with Gasteiger partial charge >= 0.3 is 0 Å². The van der Waals surface area contributed by atoms with Crippen LogP contribution in [0.4, 0.5) is 4.39 Å². The molecular weight excluding hydrogens is 415 g/mol. The quantitative estimate of drug-likeness (QED) is 0.381. The van der Waals surface area contributed by atoms with Gasteiger partial charge in [-0.3, -0.25) is 0 Å². The van der Waals surface area contributed by atoms with Gasteiger partial charge in [0, 0.05) is 5.56 Å². The minimum Gasteiger partial charge on any atom is -0.205 e. The molecule has 0 radical (unpaired) electrons. The van der Waals surface area contributed by atoms with Gasteiger partial charge in [0.2, 0.25) is 0 Å². The van der Waals surface area contributed by atoms with E-state index in [0.717, 1.165) is 66.4 Å². The molecule has 0 bridgehead atoms. The van der Waals surface area contributed by atoms with Crippen molar-refractivity contribution in [3.63, 3.8) is 0 Å². The van der Waals surface area contributed by atoms with E-state index in [9.17, 15) is 4.39 Å². The average molecular weight is 459 g/mol. The molecule has 2 saturated carbocycles. The molecule has 1 aromatic rings. The van der Waals surface area contributed by atoms with E-state index >= 15 is 0 Å². The molecule has 0 aliphatic heterocycles. The first-order valence-corrected chi connectivity index (χ1v) is 14.1. The summed E-state index contributed by atoms with van der Waals surface area (Å²) >= 11 is 6.35. The third-order valence-electron chi connectivity index (χ3n) is 9.22. The zero-order valence-electron chi connectivity index (χ0n) is 20.5. The van der Waals surface area contributed by atoms with Gasteiger partial charge in [0.15, 0.2) is 0 Å². The standard InChI is InChI=1S/C30H44ClF/c1-3-5-21-7-9-22(10-8-21)23-11-13-24(14-12-23)25-15-17-26(18-16-25)28-20-19-27(6-4-2)29(31)30(28)32/h17,19-25H,3-16,18H2,1-2H3. The Bertz CT molecular complexity index is 765. The van der Waals surface area contributed by atoms with Crippen LogP contribution in [0.5, 0.6) is 0 Å². The van der Waals surface area contributed by atoms with Crippen LogP contribution in [0.15, 0.2) is 18.2 Å². The van der Waals surface area contributed by atoms with Gasteiger partial charge in [0.25, 0.3) is 0 Å². The van der Waals surface area contributed by atoms with Crippen LogP contribution in [0.25, 0.3) is 5.57 Å². The van der Waals surface area contributed by atoms with Gasteiger partial charge in [0.1, 0.15) is 5.82 Å². The largest absolute Gasteiger partial charge is 0.205 e. The van der Waals surface area contributed by atoms with E-state index in [1.807, 2.05) is 12.1 Å². The molecule has 2 fully saturated rings. The van der Waals surface area contributed by atoms with E-state index in [-0.39, 0.29) is 5.82 Å². The van der Waals surface area contributed by atoms with Crippen molar-refractivity contribution in [2.24, 2.45) is 29.6 Å². The monoisotopic (exact) mass is 458 g/mol. The van der Waals surface area contributed by atoms with E-state index in [0.29, 0.717) is 5.02 Å². The molecule has 1 aromatic carbocycles. The molecule has 178 valence electrons. The van der Waals surface area contributed by atoms with E-state index in [4.69, 9.17) is 11.6 Å². The Hall–Kier alpha value is -0.820. The summed E-state index contributed by atoms with van der Waals surface area (Å²) in [6, 6.07) is 4.01. The smallest absolute Gasteiger partial charge is 0.149 e. The molecule has 1 unspecified atom stereocenters. The zero-order valence-corrected chi connectivity index (χ0v) is 21.2. The predicted octanol–water partition coefficient (Wildman–Crippen LogP) is 10.0. The molecular formula is C30H44ClF. The van der Waals surface area contributed by atoms with Crippen molar-refractivity contribution in [2.75, 3.05) is 0 Å². The topological polar surface area (TPSA) is 0 Å². The van der Waals surface area contributed by atoms with Crippen LogP contribution in [0, 0.1) is 35.4 Å². The van der Waals surface area contributed by atoms with Crippen molar-refractivity contribution in [1.29, 1.82) is 0 Å². The van der Waals surface area contributed by atoms with Crippen LogP contribution in [-0.2, 0) is 6.42 Å². The van der Waals surface area contributed by atoms with Gasteiger partial charge < -0.3 is 0 Å². The van der Waals surface area contributed by atoms with Gasteiger partial charge in [0.05, 0.1) is 5.02 Å². The first-order chi connectivity index (χ1) is 15.6. The Balaban J connectivity index is 1.28. The average Bonchev–Trinajstić information content (AvgIpc) is 2.83. The predicted molar refractivity (Wildman–Crippen MR) is 137 cm³/mol. The molecule has 0 heterocycles. The molecule has 0 aromatic heterocycles. The van der Waals surface area contributed by atoms with Gasteiger partial charge in [-0.15, -0.1) is 0 Å². The maximum atomic E-state index is 14.9. The lowest BCUT2D eigenvalue weighted by atomic mass is 9.65. The summed E-state index contributed by atoms with van der Waals surface area (Å²) in [6.45, 7) is 4.45. The zero-order chi connectivity index (χ0) is 22.5. The number of hydrogen-bond acceptors (Lipinski definition) is 0. The number of aryl methyl sites for hydroxylation is 1. The lowest BCUT2D eigenvalue weighted by Crippen LogP contribution is -2.28. The second-order valence-corrected chi connectivity index (χ2v) is 11.5. The Labute approximate surface area is 201 Å². The minimum absolute atomic E-state index is 0.198. The molecule has 1 atom stereocenters. The van der Waals surface area contributed by atoms with Crippen LogP contribution in [0.1, 0.15) is 115 Å². The van der Waals surface area contributed by atoms with Crippen molar-refractivity contribution in [2.45, 2.75) is 110 Å². The molecule has 4 rings (SSSR count). The fourth-order valence-electron chi connectivity index (χ4n) is 7.27. The molecule has 0 amide bonds. The highest BCUT2D eigenvalue weighted by atomic mass is 35.5. The van der Waals surface area contributed by atoms with Crippen LogP contribution in [-0.4, -0.2) is 0 Å². The number of halogens is 2. The Kier molecular flexibility index (Phi) is 8.77. The van der Waals surface area contributed by atoms with Crippen molar-refractivity contribution in [3.8, 4) is 0 Å². The lowest BCUT2D eigenvalue weighted by Gasteiger charge is -2.40. The highest BCUT2D eigenvalue weighted by molar-refractivity contribution is 6.31. The molecule has 2 heteroatoms.